The Labute approximate surface area is 96.1 Å². The number of carbonyl (C=O) groups excluding carboxylic acids is 1. The molecule has 17 heavy (non-hydrogen) atoms. The Bertz CT molecular complexity index is 540. The van der Waals surface area contributed by atoms with Crippen LogP contribution in [0.2, 0.25) is 0 Å². The van der Waals surface area contributed by atoms with E-state index in [9.17, 15) is 9.18 Å². The van der Waals surface area contributed by atoms with Crippen LogP contribution < -0.4 is 10.9 Å². The van der Waals surface area contributed by atoms with Crippen LogP contribution in [0.5, 0.6) is 0 Å². The van der Waals surface area contributed by atoms with Crippen molar-refractivity contribution >= 4 is 22.8 Å². The highest BCUT2D eigenvalue weighted by Gasteiger charge is 2.07. The van der Waals surface area contributed by atoms with Gasteiger partial charge in [0.15, 0.2) is 5.82 Å². The second-order valence-electron chi connectivity index (χ2n) is 3.23. The molecule has 0 spiro atoms. The highest BCUT2D eigenvalue weighted by molar-refractivity contribution is 5.90. The largest absolute Gasteiger partial charge is 0.449 e. The molecular weight excluding hydrogens is 227 g/mol. The van der Waals surface area contributed by atoms with Crippen LogP contribution >= 0.6 is 0 Å². The summed E-state index contributed by atoms with van der Waals surface area (Å²) in [6.07, 6.45) is -0.625. The fraction of sp³-hybridized carbons (Fsp3) is 0.200. The Balaban J connectivity index is 2.13. The van der Waals surface area contributed by atoms with Gasteiger partial charge in [0.05, 0.1) is 12.1 Å². The van der Waals surface area contributed by atoms with E-state index in [1.54, 1.807) is 13.0 Å². The molecular formula is C10H11FN4O2. The maximum Gasteiger partial charge on any atom is 0.425 e. The van der Waals surface area contributed by atoms with Crippen LogP contribution in [0.15, 0.2) is 18.2 Å². The summed E-state index contributed by atoms with van der Waals surface area (Å²) in [6, 6.07) is 4.20. The molecule has 1 aromatic carbocycles. The zero-order chi connectivity index (χ0) is 12.3. The highest BCUT2D eigenvalue weighted by Crippen LogP contribution is 2.20. The molecule has 0 aliphatic carbocycles. The lowest BCUT2D eigenvalue weighted by molar-refractivity contribution is 0.154. The topological polar surface area (TPSA) is 79.0 Å². The third-order valence-electron chi connectivity index (χ3n) is 2.08. The lowest BCUT2D eigenvalue weighted by Gasteiger charge is -2.05. The third kappa shape index (κ3) is 2.44. The molecule has 0 aliphatic rings. The van der Waals surface area contributed by atoms with Crippen molar-refractivity contribution in [3.05, 3.63) is 24.0 Å². The molecule has 1 heterocycles. The van der Waals surface area contributed by atoms with E-state index >= 15 is 0 Å². The number of halogens is 1. The maximum absolute atomic E-state index is 13.0. The summed E-state index contributed by atoms with van der Waals surface area (Å²) in [6.45, 7) is 1.96. The van der Waals surface area contributed by atoms with Gasteiger partial charge in [-0.2, -0.15) is 5.10 Å². The molecule has 0 unspecified atom stereocenters. The number of hydrazine groups is 1. The highest BCUT2D eigenvalue weighted by atomic mass is 19.1. The molecule has 90 valence electrons. The Kier molecular flexibility index (Phi) is 3.08. The summed E-state index contributed by atoms with van der Waals surface area (Å²) in [5.74, 6) is -0.0503. The molecule has 0 atom stereocenters. The minimum Gasteiger partial charge on any atom is -0.449 e. The van der Waals surface area contributed by atoms with Crippen molar-refractivity contribution in [2.24, 2.45) is 0 Å². The summed E-state index contributed by atoms with van der Waals surface area (Å²) >= 11 is 0. The number of rotatable bonds is 3. The number of amides is 1. The second-order valence-corrected chi connectivity index (χ2v) is 3.23. The fourth-order valence-electron chi connectivity index (χ4n) is 1.36. The molecule has 2 rings (SSSR count). The van der Waals surface area contributed by atoms with Gasteiger partial charge in [0.2, 0.25) is 0 Å². The van der Waals surface area contributed by atoms with Crippen molar-refractivity contribution in [3.63, 3.8) is 0 Å². The van der Waals surface area contributed by atoms with Gasteiger partial charge in [-0.3, -0.25) is 10.5 Å². The predicted molar refractivity (Wildman–Crippen MR) is 59.8 cm³/mol. The van der Waals surface area contributed by atoms with E-state index in [1.165, 1.54) is 12.1 Å². The van der Waals surface area contributed by atoms with Crippen molar-refractivity contribution in [1.82, 2.24) is 15.6 Å². The van der Waals surface area contributed by atoms with Crippen molar-refractivity contribution in [2.75, 3.05) is 12.0 Å². The van der Waals surface area contributed by atoms with E-state index in [2.05, 4.69) is 25.8 Å². The molecule has 7 heteroatoms. The van der Waals surface area contributed by atoms with Crippen molar-refractivity contribution in [1.29, 1.82) is 0 Å². The molecule has 0 saturated heterocycles. The number of fused-ring (bicyclic) bond motifs is 1. The van der Waals surface area contributed by atoms with Crippen LogP contribution in [0.25, 0.3) is 10.9 Å². The van der Waals surface area contributed by atoms with Crippen molar-refractivity contribution in [3.8, 4) is 0 Å². The lowest BCUT2D eigenvalue weighted by Crippen LogP contribution is -2.30. The Morgan fingerprint density at radius 3 is 3.18 bits per heavy atom. The van der Waals surface area contributed by atoms with Crippen LogP contribution in [0.4, 0.5) is 15.0 Å². The molecule has 0 radical (unpaired) electrons. The average molecular weight is 238 g/mol. The molecule has 0 saturated carbocycles. The van der Waals surface area contributed by atoms with Crippen LogP contribution in [0.1, 0.15) is 6.92 Å². The number of benzene rings is 1. The Morgan fingerprint density at radius 2 is 2.41 bits per heavy atom. The van der Waals surface area contributed by atoms with Crippen molar-refractivity contribution < 1.29 is 13.9 Å². The molecule has 0 bridgehead atoms. The van der Waals surface area contributed by atoms with Gasteiger partial charge < -0.3 is 4.74 Å². The van der Waals surface area contributed by atoms with Gasteiger partial charge in [-0.1, -0.05) is 0 Å². The number of nitrogens with zero attached hydrogens (tertiary/aromatic N) is 1. The number of anilines is 1. The first-order chi connectivity index (χ1) is 8.20. The van der Waals surface area contributed by atoms with Gasteiger partial charge in [-0.25, -0.2) is 14.6 Å². The van der Waals surface area contributed by atoms with E-state index in [0.717, 1.165) is 0 Å². The predicted octanol–water partition coefficient (Wildman–Crippen LogP) is 1.77. The normalized spacial score (nSPS) is 10.2. The number of aromatic nitrogens is 2. The molecule has 0 fully saturated rings. The monoisotopic (exact) mass is 238 g/mol. The molecule has 3 N–H and O–H groups in total. The maximum atomic E-state index is 13.0. The van der Waals surface area contributed by atoms with Gasteiger partial charge in [0, 0.05) is 5.39 Å². The number of hydrogen-bond acceptors (Lipinski definition) is 4. The SMILES string of the molecule is CCOC(=O)NNc1n[nH]c2ccc(F)cc12. The number of hydrogen-bond donors (Lipinski definition) is 3. The molecule has 0 aliphatic heterocycles. The van der Waals surface area contributed by atoms with Gasteiger partial charge >= 0.3 is 6.09 Å². The third-order valence-corrected chi connectivity index (χ3v) is 2.08. The first-order valence-electron chi connectivity index (χ1n) is 5.03. The molecule has 1 amide bonds. The summed E-state index contributed by atoms with van der Waals surface area (Å²) in [5, 5.41) is 7.14. The zero-order valence-electron chi connectivity index (χ0n) is 9.08. The quantitative estimate of drug-likeness (QED) is 0.712. The van der Waals surface area contributed by atoms with E-state index in [1.807, 2.05) is 0 Å². The first kappa shape index (κ1) is 11.2. The van der Waals surface area contributed by atoms with E-state index in [0.29, 0.717) is 16.7 Å². The molecule has 1 aromatic heterocycles. The summed E-state index contributed by atoms with van der Waals surface area (Å²) < 4.78 is 17.7. The fourth-order valence-corrected chi connectivity index (χ4v) is 1.36. The standard InChI is InChI=1S/C10H11FN4O2/c1-2-17-10(16)15-14-9-7-5-6(11)3-4-8(7)12-13-9/h3-5H,2H2,1H3,(H,15,16)(H2,12,13,14). The number of aromatic amines is 1. The number of nitrogens with one attached hydrogen (secondary N) is 3. The minimum absolute atomic E-state index is 0.267. The zero-order valence-corrected chi connectivity index (χ0v) is 9.08. The summed E-state index contributed by atoms with van der Waals surface area (Å²) in [5.41, 5.74) is 5.49. The van der Waals surface area contributed by atoms with E-state index in [-0.39, 0.29) is 12.4 Å². The van der Waals surface area contributed by atoms with Crippen LogP contribution in [0.3, 0.4) is 0 Å². The molecule has 2 aromatic rings. The van der Waals surface area contributed by atoms with Gasteiger partial charge in [-0.05, 0) is 25.1 Å². The first-order valence-corrected chi connectivity index (χ1v) is 5.03. The Hall–Kier alpha value is -2.31. The number of carbonyl (C=O) groups is 1. The van der Waals surface area contributed by atoms with Crippen LogP contribution in [-0.2, 0) is 4.74 Å². The number of H-pyrrole nitrogens is 1. The smallest absolute Gasteiger partial charge is 0.425 e. The van der Waals surface area contributed by atoms with Crippen LogP contribution in [-0.4, -0.2) is 22.9 Å². The van der Waals surface area contributed by atoms with Crippen LogP contribution in [0, 0.1) is 5.82 Å². The van der Waals surface area contributed by atoms with Gasteiger partial charge in [-0.15, -0.1) is 0 Å². The Morgan fingerprint density at radius 1 is 1.59 bits per heavy atom. The minimum atomic E-state index is -0.625. The van der Waals surface area contributed by atoms with Gasteiger partial charge in [0.25, 0.3) is 0 Å². The number of ether oxygens (including phenoxy) is 1. The van der Waals surface area contributed by atoms with E-state index < -0.39 is 6.09 Å². The molecule has 6 nitrogen and oxygen atoms in total. The van der Waals surface area contributed by atoms with Gasteiger partial charge in [0.1, 0.15) is 5.82 Å². The average Bonchev–Trinajstić information content (AvgIpc) is 2.69. The lowest BCUT2D eigenvalue weighted by atomic mass is 10.2. The second kappa shape index (κ2) is 4.69. The summed E-state index contributed by atoms with van der Waals surface area (Å²) in [7, 11) is 0. The van der Waals surface area contributed by atoms with Crippen molar-refractivity contribution in [2.45, 2.75) is 6.92 Å². The van der Waals surface area contributed by atoms with E-state index in [4.69, 9.17) is 0 Å². The summed E-state index contributed by atoms with van der Waals surface area (Å²) in [4.78, 5) is 11.0.